The van der Waals surface area contributed by atoms with Crippen LogP contribution in [0.15, 0.2) is 109 Å². The van der Waals surface area contributed by atoms with Crippen LogP contribution in [0.1, 0.15) is 0 Å². The molecule has 2 nitrogen and oxygen atoms in total. The van der Waals surface area contributed by atoms with Crippen molar-refractivity contribution in [3.8, 4) is 34.0 Å². The molecule has 0 fully saturated rings. The molecule has 0 bridgehead atoms. The average Bonchev–Trinajstić information content (AvgIpc) is 3.15. The molecule has 0 unspecified atom stereocenters. The Kier molecular flexibility index (Phi) is 4.38. The molecule has 0 amide bonds. The molecule has 0 N–H and O–H groups in total. The first-order valence-electron chi connectivity index (χ1n) is 9.75. The molecule has 0 aliphatic carbocycles. The third kappa shape index (κ3) is 2.99. The summed E-state index contributed by atoms with van der Waals surface area (Å²) in [6.07, 6.45) is 0. The average molecular weight is 375 g/mol. The number of benzene rings is 4. The lowest BCUT2D eigenvalue weighted by Gasteiger charge is -2.15. The van der Waals surface area contributed by atoms with Crippen molar-refractivity contribution in [3.05, 3.63) is 109 Å². The molecule has 0 saturated heterocycles. The van der Waals surface area contributed by atoms with E-state index in [0.717, 1.165) is 11.4 Å². The van der Waals surface area contributed by atoms with Gasteiger partial charge in [-0.25, -0.2) is 0 Å². The second kappa shape index (κ2) is 7.33. The Bertz CT molecular complexity index is 1190. The highest BCUT2D eigenvalue weighted by atomic mass is 16.5. The molecule has 0 aliphatic rings. The summed E-state index contributed by atoms with van der Waals surface area (Å²) < 4.78 is 7.89. The van der Waals surface area contributed by atoms with Crippen LogP contribution in [0.5, 0.6) is 5.75 Å². The lowest BCUT2D eigenvalue weighted by molar-refractivity contribution is 0.414. The number of nitrogens with zero attached hydrogens (tertiary/aromatic N) is 1. The van der Waals surface area contributed by atoms with Gasteiger partial charge in [0, 0.05) is 22.5 Å². The van der Waals surface area contributed by atoms with Gasteiger partial charge in [0.05, 0.1) is 18.5 Å². The molecular weight excluding hydrogens is 354 g/mol. The minimum atomic E-state index is 0.846. The fourth-order valence-electron chi connectivity index (χ4n) is 4.02. The maximum Gasteiger partial charge on any atom is 0.120 e. The van der Waals surface area contributed by atoms with E-state index in [4.69, 9.17) is 4.74 Å². The number of hydrogen-bond donors (Lipinski definition) is 0. The summed E-state index contributed by atoms with van der Waals surface area (Å²) in [5, 5.41) is 2.47. The van der Waals surface area contributed by atoms with Crippen molar-refractivity contribution in [1.29, 1.82) is 0 Å². The summed E-state index contributed by atoms with van der Waals surface area (Å²) >= 11 is 0. The first kappa shape index (κ1) is 17.3. The third-order valence-electron chi connectivity index (χ3n) is 5.29. The van der Waals surface area contributed by atoms with E-state index in [9.17, 15) is 0 Å². The maximum absolute atomic E-state index is 5.53. The normalized spacial score (nSPS) is 10.9. The Hall–Kier alpha value is -3.78. The fraction of sp³-hybridized carbons (Fsp3) is 0.0370. The van der Waals surface area contributed by atoms with Crippen molar-refractivity contribution in [1.82, 2.24) is 4.57 Å². The standard InChI is InChI=1S/C27H21NO/c1-29-23-16-10-15-22(19-23)28-26(20-11-4-2-5-12-20)24-17-8-9-18-25(24)27(28)21-13-6-3-7-14-21/h2-19H,1H3. The molecule has 2 heteroatoms. The van der Waals surface area contributed by atoms with Gasteiger partial charge >= 0.3 is 0 Å². The van der Waals surface area contributed by atoms with Crippen LogP contribution in [-0.4, -0.2) is 11.7 Å². The van der Waals surface area contributed by atoms with Gasteiger partial charge in [-0.1, -0.05) is 91.0 Å². The summed E-state index contributed by atoms with van der Waals surface area (Å²) in [4.78, 5) is 0. The first-order valence-corrected chi connectivity index (χ1v) is 9.75. The molecule has 1 heterocycles. The van der Waals surface area contributed by atoms with Gasteiger partial charge in [-0.3, -0.25) is 0 Å². The van der Waals surface area contributed by atoms with Crippen LogP contribution >= 0.6 is 0 Å². The van der Waals surface area contributed by atoms with Gasteiger partial charge in [-0.05, 0) is 23.3 Å². The number of fused-ring (bicyclic) bond motifs is 1. The Morgan fingerprint density at radius 2 is 1.07 bits per heavy atom. The van der Waals surface area contributed by atoms with E-state index in [0.29, 0.717) is 0 Å². The van der Waals surface area contributed by atoms with Crippen molar-refractivity contribution in [2.24, 2.45) is 0 Å². The number of hydrogen-bond acceptors (Lipinski definition) is 1. The summed E-state index contributed by atoms with van der Waals surface area (Å²) in [5.41, 5.74) is 5.84. The van der Waals surface area contributed by atoms with Gasteiger partial charge < -0.3 is 9.30 Å². The molecule has 0 radical (unpaired) electrons. The first-order chi connectivity index (χ1) is 14.4. The van der Waals surface area contributed by atoms with Gasteiger partial charge in [0.1, 0.15) is 5.75 Å². The lowest BCUT2D eigenvalue weighted by atomic mass is 10.0. The largest absolute Gasteiger partial charge is 0.497 e. The van der Waals surface area contributed by atoms with Crippen LogP contribution in [0.2, 0.25) is 0 Å². The highest BCUT2D eigenvalue weighted by molar-refractivity contribution is 6.06. The lowest BCUT2D eigenvalue weighted by Crippen LogP contribution is -2.00. The molecular formula is C27H21NO. The van der Waals surface area contributed by atoms with Crippen LogP contribution in [0, 0.1) is 0 Å². The van der Waals surface area contributed by atoms with Gasteiger partial charge in [-0.15, -0.1) is 0 Å². The predicted octanol–water partition coefficient (Wildman–Crippen LogP) is 6.97. The number of rotatable bonds is 4. The van der Waals surface area contributed by atoms with E-state index in [1.165, 1.54) is 33.3 Å². The molecule has 0 atom stereocenters. The van der Waals surface area contributed by atoms with Crippen LogP contribution in [0.3, 0.4) is 0 Å². The van der Waals surface area contributed by atoms with Crippen molar-refractivity contribution in [2.45, 2.75) is 0 Å². The van der Waals surface area contributed by atoms with Crippen molar-refractivity contribution in [3.63, 3.8) is 0 Å². The highest BCUT2D eigenvalue weighted by Gasteiger charge is 2.20. The van der Waals surface area contributed by atoms with Gasteiger partial charge in [0.15, 0.2) is 0 Å². The number of aromatic nitrogens is 1. The number of methoxy groups -OCH3 is 1. The topological polar surface area (TPSA) is 14.2 Å². The predicted molar refractivity (Wildman–Crippen MR) is 121 cm³/mol. The Morgan fingerprint density at radius 3 is 1.59 bits per heavy atom. The molecule has 5 aromatic rings. The van der Waals surface area contributed by atoms with Crippen LogP contribution in [0.4, 0.5) is 0 Å². The van der Waals surface area contributed by atoms with Gasteiger partial charge in [-0.2, -0.15) is 0 Å². The van der Waals surface area contributed by atoms with E-state index in [1.54, 1.807) is 7.11 Å². The monoisotopic (exact) mass is 375 g/mol. The maximum atomic E-state index is 5.53. The van der Waals surface area contributed by atoms with Gasteiger partial charge in [0.25, 0.3) is 0 Å². The van der Waals surface area contributed by atoms with Crippen molar-refractivity contribution < 1.29 is 4.74 Å². The second-order valence-corrected chi connectivity index (χ2v) is 7.01. The van der Waals surface area contributed by atoms with E-state index >= 15 is 0 Å². The Balaban J connectivity index is 1.95. The third-order valence-corrected chi connectivity index (χ3v) is 5.29. The Labute approximate surface area is 170 Å². The van der Waals surface area contributed by atoms with E-state index in [-0.39, 0.29) is 0 Å². The van der Waals surface area contributed by atoms with Crippen molar-refractivity contribution >= 4 is 10.8 Å². The summed E-state index contributed by atoms with van der Waals surface area (Å²) in [6.45, 7) is 0. The van der Waals surface area contributed by atoms with Crippen LogP contribution in [0.25, 0.3) is 39.0 Å². The SMILES string of the molecule is COc1cccc(-n2c(-c3ccccc3)c3ccccc3c2-c2ccccc2)c1. The minimum absolute atomic E-state index is 0.846. The molecule has 4 aromatic carbocycles. The molecule has 1 aromatic heterocycles. The quantitative estimate of drug-likeness (QED) is 0.331. The smallest absolute Gasteiger partial charge is 0.120 e. The zero-order valence-electron chi connectivity index (χ0n) is 16.2. The van der Waals surface area contributed by atoms with E-state index in [1.807, 2.05) is 12.1 Å². The molecule has 0 saturated carbocycles. The molecule has 0 aliphatic heterocycles. The zero-order valence-corrected chi connectivity index (χ0v) is 16.2. The molecule has 5 rings (SSSR count). The fourth-order valence-corrected chi connectivity index (χ4v) is 4.02. The van der Waals surface area contributed by atoms with Crippen molar-refractivity contribution in [2.75, 3.05) is 7.11 Å². The number of ether oxygens (including phenoxy) is 1. The molecule has 29 heavy (non-hydrogen) atoms. The molecule has 0 spiro atoms. The summed E-state index contributed by atoms with van der Waals surface area (Å²) in [7, 11) is 1.71. The zero-order chi connectivity index (χ0) is 19.6. The van der Waals surface area contributed by atoms with E-state index in [2.05, 4.69) is 102 Å². The summed E-state index contributed by atoms with van der Waals surface area (Å²) in [5.74, 6) is 0.846. The summed E-state index contributed by atoms with van der Waals surface area (Å²) in [6, 6.07) is 38.1. The molecule has 140 valence electrons. The Morgan fingerprint density at radius 1 is 0.552 bits per heavy atom. The van der Waals surface area contributed by atoms with Gasteiger partial charge in [0.2, 0.25) is 0 Å². The highest BCUT2D eigenvalue weighted by Crippen LogP contribution is 2.41. The second-order valence-electron chi connectivity index (χ2n) is 7.01. The van der Waals surface area contributed by atoms with E-state index < -0.39 is 0 Å². The minimum Gasteiger partial charge on any atom is -0.497 e. The van der Waals surface area contributed by atoms with Crippen LogP contribution < -0.4 is 4.74 Å². The van der Waals surface area contributed by atoms with Crippen LogP contribution in [-0.2, 0) is 0 Å².